The molecule has 0 fully saturated rings. The highest BCUT2D eigenvalue weighted by atomic mass is 16.6. The molecule has 0 spiro atoms. The molecular weight excluding hydrogens is 356 g/mol. The molecule has 0 heterocycles. The molecule has 2 rings (SSSR count). The van der Waals surface area contributed by atoms with E-state index in [1.807, 2.05) is 18.2 Å². The van der Waals surface area contributed by atoms with Crippen LogP contribution in [0.25, 0.3) is 0 Å². The van der Waals surface area contributed by atoms with Gasteiger partial charge in [-0.15, -0.1) is 0 Å². The number of benzene rings is 2. The Kier molecular flexibility index (Phi) is 7.16. The third-order valence-electron chi connectivity index (χ3n) is 3.93. The van der Waals surface area contributed by atoms with Crippen molar-refractivity contribution in [1.82, 2.24) is 0 Å². The van der Waals surface area contributed by atoms with Gasteiger partial charge in [-0.1, -0.05) is 51.1 Å². The zero-order valence-electron chi connectivity index (χ0n) is 16.3. The second-order valence-corrected chi connectivity index (χ2v) is 7.28. The predicted molar refractivity (Wildman–Crippen MR) is 106 cm³/mol. The van der Waals surface area contributed by atoms with Gasteiger partial charge in [0.15, 0.2) is 13.2 Å². The van der Waals surface area contributed by atoms with Gasteiger partial charge in [-0.25, -0.2) is 4.79 Å². The first-order valence-electron chi connectivity index (χ1n) is 8.93. The number of hydrogen-bond acceptors (Lipinski definition) is 5. The quantitative estimate of drug-likeness (QED) is 0.741. The van der Waals surface area contributed by atoms with E-state index in [2.05, 4.69) is 32.2 Å². The van der Waals surface area contributed by atoms with Gasteiger partial charge in [0, 0.05) is 5.69 Å². The van der Waals surface area contributed by atoms with Crippen LogP contribution in [0, 0.1) is 11.3 Å². The largest absolute Gasteiger partial charge is 0.482 e. The van der Waals surface area contributed by atoms with Crippen LogP contribution in [0.5, 0.6) is 5.75 Å². The van der Waals surface area contributed by atoms with Crippen LogP contribution in [0.2, 0.25) is 0 Å². The maximum atomic E-state index is 11.9. The van der Waals surface area contributed by atoms with Crippen molar-refractivity contribution in [2.45, 2.75) is 32.6 Å². The monoisotopic (exact) mass is 380 g/mol. The van der Waals surface area contributed by atoms with Crippen molar-refractivity contribution in [3.8, 4) is 11.8 Å². The SMILES string of the molecule is CC(C)(C)c1ccccc1OCC(=O)OCC(=O)Nc1ccc(CC#N)cc1. The molecule has 146 valence electrons. The Morgan fingerprint density at radius 2 is 1.71 bits per heavy atom. The number of para-hydroxylation sites is 1. The molecule has 0 aliphatic carbocycles. The maximum absolute atomic E-state index is 11.9. The molecule has 6 nitrogen and oxygen atoms in total. The summed E-state index contributed by atoms with van der Waals surface area (Å²) >= 11 is 0. The van der Waals surface area contributed by atoms with Crippen LogP contribution in [0.1, 0.15) is 31.9 Å². The standard InChI is InChI=1S/C22H24N2O4/c1-22(2,3)18-6-4-5-7-19(18)27-15-21(26)28-14-20(25)24-17-10-8-16(9-11-17)12-13-23/h4-11H,12,14-15H2,1-3H3,(H,24,25). The average molecular weight is 380 g/mol. The fourth-order valence-electron chi connectivity index (χ4n) is 2.53. The highest BCUT2D eigenvalue weighted by molar-refractivity contribution is 5.92. The lowest BCUT2D eigenvalue weighted by atomic mass is 9.86. The van der Waals surface area contributed by atoms with Crippen molar-refractivity contribution in [3.63, 3.8) is 0 Å². The van der Waals surface area contributed by atoms with Crippen LogP contribution in [0.4, 0.5) is 5.69 Å². The average Bonchev–Trinajstić information content (AvgIpc) is 2.66. The summed E-state index contributed by atoms with van der Waals surface area (Å²) in [5.74, 6) is -0.450. The highest BCUT2D eigenvalue weighted by Gasteiger charge is 2.19. The topological polar surface area (TPSA) is 88.4 Å². The van der Waals surface area contributed by atoms with Crippen LogP contribution in [-0.4, -0.2) is 25.1 Å². The molecule has 1 N–H and O–H groups in total. The lowest BCUT2D eigenvalue weighted by Gasteiger charge is -2.22. The lowest BCUT2D eigenvalue weighted by molar-refractivity contribution is -0.149. The van der Waals surface area contributed by atoms with Crippen LogP contribution < -0.4 is 10.1 Å². The molecule has 2 aromatic carbocycles. The molecule has 0 saturated carbocycles. The van der Waals surface area contributed by atoms with Gasteiger partial charge < -0.3 is 14.8 Å². The molecule has 2 aromatic rings. The first-order chi connectivity index (χ1) is 13.3. The van der Waals surface area contributed by atoms with Crippen LogP contribution in [0.15, 0.2) is 48.5 Å². The van der Waals surface area contributed by atoms with E-state index in [0.717, 1.165) is 11.1 Å². The zero-order chi connectivity index (χ0) is 20.6. The minimum atomic E-state index is -0.622. The van der Waals surface area contributed by atoms with Gasteiger partial charge in [0.25, 0.3) is 5.91 Å². The number of hydrogen-bond donors (Lipinski definition) is 1. The number of rotatable bonds is 7. The van der Waals surface area contributed by atoms with E-state index >= 15 is 0 Å². The van der Waals surface area contributed by atoms with Crippen LogP contribution in [-0.2, 0) is 26.2 Å². The van der Waals surface area contributed by atoms with E-state index in [-0.39, 0.29) is 12.0 Å². The molecule has 0 bridgehead atoms. The Morgan fingerprint density at radius 3 is 2.36 bits per heavy atom. The minimum Gasteiger partial charge on any atom is -0.482 e. The summed E-state index contributed by atoms with van der Waals surface area (Å²) in [6.45, 7) is 5.51. The molecule has 0 atom stereocenters. The molecule has 0 radical (unpaired) electrons. The number of carbonyl (C=O) groups is 2. The molecule has 1 amide bonds. The number of esters is 1. The number of nitriles is 1. The number of nitrogens with zero attached hydrogens (tertiary/aromatic N) is 1. The molecular formula is C22H24N2O4. The summed E-state index contributed by atoms with van der Waals surface area (Å²) in [6, 6.07) is 16.5. The Hall–Kier alpha value is -3.33. The first-order valence-corrected chi connectivity index (χ1v) is 8.93. The maximum Gasteiger partial charge on any atom is 0.344 e. The minimum absolute atomic E-state index is 0.122. The second-order valence-electron chi connectivity index (χ2n) is 7.28. The van der Waals surface area contributed by atoms with E-state index in [1.54, 1.807) is 30.3 Å². The van der Waals surface area contributed by atoms with Gasteiger partial charge in [0.1, 0.15) is 5.75 Å². The fourth-order valence-corrected chi connectivity index (χ4v) is 2.53. The van der Waals surface area contributed by atoms with Crippen LogP contribution in [0.3, 0.4) is 0 Å². The molecule has 28 heavy (non-hydrogen) atoms. The van der Waals surface area contributed by atoms with Gasteiger partial charge in [0.05, 0.1) is 12.5 Å². The smallest absolute Gasteiger partial charge is 0.344 e. The van der Waals surface area contributed by atoms with Gasteiger partial charge in [-0.3, -0.25) is 4.79 Å². The van der Waals surface area contributed by atoms with Crippen molar-refractivity contribution in [2.75, 3.05) is 18.5 Å². The normalized spacial score (nSPS) is 10.6. The van der Waals surface area contributed by atoms with Crippen molar-refractivity contribution in [1.29, 1.82) is 5.26 Å². The fraction of sp³-hybridized carbons (Fsp3) is 0.318. The number of nitrogens with one attached hydrogen (secondary N) is 1. The summed E-state index contributed by atoms with van der Waals surface area (Å²) in [6.07, 6.45) is 0.310. The summed E-state index contributed by atoms with van der Waals surface area (Å²) in [7, 11) is 0. The van der Waals surface area contributed by atoms with E-state index in [4.69, 9.17) is 14.7 Å². The number of anilines is 1. The molecule has 6 heteroatoms. The Morgan fingerprint density at radius 1 is 1.04 bits per heavy atom. The lowest BCUT2D eigenvalue weighted by Crippen LogP contribution is -2.24. The summed E-state index contributed by atoms with van der Waals surface area (Å²) < 4.78 is 10.5. The Labute approximate surface area is 165 Å². The Bertz CT molecular complexity index is 861. The molecule has 0 aliphatic rings. The Balaban J connectivity index is 1.80. The van der Waals surface area contributed by atoms with Crippen molar-refractivity contribution < 1.29 is 19.1 Å². The summed E-state index contributed by atoms with van der Waals surface area (Å²) in [5.41, 5.74) is 2.29. The number of amides is 1. The zero-order valence-corrected chi connectivity index (χ0v) is 16.3. The molecule has 0 saturated heterocycles. The van der Waals surface area contributed by atoms with Gasteiger partial charge in [-0.2, -0.15) is 5.26 Å². The number of carbonyl (C=O) groups excluding carboxylic acids is 2. The summed E-state index contributed by atoms with van der Waals surface area (Å²) in [4.78, 5) is 23.8. The third kappa shape index (κ3) is 6.44. The highest BCUT2D eigenvalue weighted by Crippen LogP contribution is 2.30. The summed E-state index contributed by atoms with van der Waals surface area (Å²) in [5, 5.41) is 11.3. The molecule has 0 aromatic heterocycles. The third-order valence-corrected chi connectivity index (χ3v) is 3.93. The number of ether oxygens (including phenoxy) is 2. The first kappa shape index (κ1) is 21.0. The van der Waals surface area contributed by atoms with E-state index < -0.39 is 18.5 Å². The van der Waals surface area contributed by atoms with Gasteiger partial charge in [-0.05, 0) is 34.7 Å². The second kappa shape index (κ2) is 9.56. The van der Waals surface area contributed by atoms with Crippen molar-refractivity contribution >= 4 is 17.6 Å². The van der Waals surface area contributed by atoms with E-state index in [1.165, 1.54) is 0 Å². The molecule has 0 aliphatic heterocycles. The van der Waals surface area contributed by atoms with E-state index in [0.29, 0.717) is 17.9 Å². The predicted octanol–water partition coefficient (Wildman–Crippen LogP) is 3.61. The van der Waals surface area contributed by atoms with Crippen LogP contribution >= 0.6 is 0 Å². The van der Waals surface area contributed by atoms with E-state index in [9.17, 15) is 9.59 Å². The van der Waals surface area contributed by atoms with Gasteiger partial charge in [0.2, 0.25) is 0 Å². The molecule has 0 unspecified atom stereocenters. The van der Waals surface area contributed by atoms with Crippen molar-refractivity contribution in [3.05, 3.63) is 59.7 Å². The van der Waals surface area contributed by atoms with Crippen molar-refractivity contribution in [2.24, 2.45) is 0 Å². The van der Waals surface area contributed by atoms with Gasteiger partial charge >= 0.3 is 5.97 Å².